The van der Waals surface area contributed by atoms with E-state index in [1.807, 2.05) is 25.1 Å². The van der Waals surface area contributed by atoms with E-state index in [0.717, 1.165) is 22.2 Å². The number of esters is 1. The van der Waals surface area contributed by atoms with E-state index in [1.165, 1.54) is 11.8 Å². The quantitative estimate of drug-likeness (QED) is 0.386. The molecule has 166 valence electrons. The van der Waals surface area contributed by atoms with Crippen LogP contribution in [0, 0.1) is 0 Å². The minimum atomic E-state index is -0.364. The Hall–Kier alpha value is -2.42. The molecule has 0 atom stereocenters. The summed E-state index contributed by atoms with van der Waals surface area (Å²) < 4.78 is 5.02. The van der Waals surface area contributed by atoms with Crippen LogP contribution in [0.2, 0.25) is 5.02 Å². The molecule has 2 aromatic rings. The van der Waals surface area contributed by atoms with Gasteiger partial charge in [-0.15, -0.1) is 0 Å². The van der Waals surface area contributed by atoms with Crippen molar-refractivity contribution in [2.45, 2.75) is 25.7 Å². The lowest BCUT2D eigenvalue weighted by molar-refractivity contribution is -0.122. The van der Waals surface area contributed by atoms with Gasteiger partial charge in [0.05, 0.1) is 23.5 Å². The monoisotopic (exact) mass is 487 g/mol. The molecule has 2 aromatic carbocycles. The van der Waals surface area contributed by atoms with Crippen LogP contribution in [-0.4, -0.2) is 41.6 Å². The lowest BCUT2D eigenvalue weighted by Gasteiger charge is -2.19. The normalized spacial score (nSPS) is 19.1. The molecule has 0 saturated carbocycles. The molecular formula is C23H22ClN3O3S2. The van der Waals surface area contributed by atoms with Crippen LogP contribution in [0.4, 0.5) is 11.4 Å². The molecule has 0 aliphatic carbocycles. The molecule has 1 amide bonds. The van der Waals surface area contributed by atoms with Crippen LogP contribution in [0.1, 0.15) is 31.1 Å². The summed E-state index contributed by atoms with van der Waals surface area (Å²) in [4.78, 5) is 35.4. The summed E-state index contributed by atoms with van der Waals surface area (Å²) in [5.41, 5.74) is 2.15. The number of nitrogens with zero attached hydrogens (tertiary/aromatic N) is 3. The van der Waals surface area contributed by atoms with Crippen LogP contribution in [0.25, 0.3) is 0 Å². The maximum Gasteiger partial charge on any atom is 0.338 e. The number of rotatable bonds is 5. The number of ether oxygens (including phenoxy) is 1. The summed E-state index contributed by atoms with van der Waals surface area (Å²) in [6, 6.07) is 12.7. The van der Waals surface area contributed by atoms with Gasteiger partial charge in [-0.2, -0.15) is 0 Å². The molecule has 0 spiro atoms. The zero-order valence-corrected chi connectivity index (χ0v) is 20.3. The fourth-order valence-corrected chi connectivity index (χ4v) is 6.04. The number of amides is 1. The second-order valence-electron chi connectivity index (χ2n) is 6.91. The van der Waals surface area contributed by atoms with E-state index in [-0.39, 0.29) is 11.9 Å². The third kappa shape index (κ3) is 4.27. The van der Waals surface area contributed by atoms with Gasteiger partial charge in [0, 0.05) is 23.0 Å². The van der Waals surface area contributed by atoms with Crippen LogP contribution in [0.3, 0.4) is 0 Å². The van der Waals surface area contributed by atoms with E-state index >= 15 is 0 Å². The Morgan fingerprint density at radius 3 is 2.41 bits per heavy atom. The van der Waals surface area contributed by atoms with E-state index in [1.54, 1.807) is 47.9 Å². The molecule has 0 N–H and O–H groups in total. The van der Waals surface area contributed by atoms with E-state index < -0.39 is 0 Å². The SMILES string of the molecule is CCOC(=O)c1ccc(N=C2SC(=C3Sc4ccc(Cl)cc4N3CC)C(=O)N2CC)cc1. The molecule has 1 saturated heterocycles. The average molecular weight is 488 g/mol. The number of hydrogen-bond acceptors (Lipinski definition) is 7. The van der Waals surface area contributed by atoms with Gasteiger partial charge < -0.3 is 9.64 Å². The molecule has 4 rings (SSSR count). The van der Waals surface area contributed by atoms with Gasteiger partial charge in [-0.3, -0.25) is 9.69 Å². The average Bonchev–Trinajstić information content (AvgIpc) is 3.30. The van der Waals surface area contributed by atoms with Crippen molar-refractivity contribution in [2.75, 3.05) is 24.6 Å². The van der Waals surface area contributed by atoms with Crippen molar-refractivity contribution in [3.05, 3.63) is 63.0 Å². The fourth-order valence-electron chi connectivity index (χ4n) is 3.43. The Kier molecular flexibility index (Phi) is 6.83. The van der Waals surface area contributed by atoms with Gasteiger partial charge in [-0.25, -0.2) is 9.79 Å². The molecule has 0 radical (unpaired) electrons. The van der Waals surface area contributed by atoms with Gasteiger partial charge >= 0.3 is 5.97 Å². The second-order valence-corrected chi connectivity index (χ2v) is 9.35. The van der Waals surface area contributed by atoms with Gasteiger partial charge in [-0.05, 0) is 75.0 Å². The van der Waals surface area contributed by atoms with Crippen molar-refractivity contribution in [1.29, 1.82) is 0 Å². The number of thioether (sulfide) groups is 2. The molecule has 2 aliphatic rings. The maximum absolute atomic E-state index is 13.3. The van der Waals surface area contributed by atoms with Gasteiger partial charge in [-0.1, -0.05) is 23.4 Å². The fraction of sp³-hybridized carbons (Fsp3) is 0.261. The Morgan fingerprint density at radius 1 is 1.03 bits per heavy atom. The summed E-state index contributed by atoms with van der Waals surface area (Å²) in [6.45, 7) is 7.32. The lowest BCUT2D eigenvalue weighted by atomic mass is 10.2. The third-order valence-electron chi connectivity index (χ3n) is 4.96. The van der Waals surface area contributed by atoms with Crippen LogP contribution in [0.15, 0.2) is 62.3 Å². The number of carbonyl (C=O) groups is 2. The number of hydrogen-bond donors (Lipinski definition) is 0. The zero-order valence-electron chi connectivity index (χ0n) is 17.9. The summed E-state index contributed by atoms with van der Waals surface area (Å²) in [5.74, 6) is -0.420. The summed E-state index contributed by atoms with van der Waals surface area (Å²) in [5, 5.41) is 2.19. The Bertz CT molecular complexity index is 1130. The highest BCUT2D eigenvalue weighted by Gasteiger charge is 2.39. The van der Waals surface area contributed by atoms with Crippen molar-refractivity contribution in [1.82, 2.24) is 4.90 Å². The minimum absolute atomic E-state index is 0.0563. The standard InChI is InChI=1S/C23H22ClN3O3S2/c1-4-26-17-13-15(24)9-12-18(17)31-21(26)19-20(28)27(5-2)23(32-19)25-16-10-7-14(8-11-16)22(29)30-6-3/h7-13H,4-6H2,1-3H3. The first kappa shape index (κ1) is 22.8. The predicted molar refractivity (Wildman–Crippen MR) is 132 cm³/mol. The largest absolute Gasteiger partial charge is 0.462 e. The first-order valence-electron chi connectivity index (χ1n) is 10.3. The first-order chi connectivity index (χ1) is 15.5. The number of likely N-dealkylation sites (N-methyl/N-ethyl adjacent to an activating group) is 1. The highest BCUT2D eigenvalue weighted by Crippen LogP contribution is 2.51. The van der Waals surface area contributed by atoms with Crippen LogP contribution in [0.5, 0.6) is 0 Å². The zero-order chi connectivity index (χ0) is 22.8. The molecular weight excluding hydrogens is 466 g/mol. The highest BCUT2D eigenvalue weighted by atomic mass is 35.5. The Balaban J connectivity index is 1.66. The molecule has 0 bridgehead atoms. The molecule has 32 heavy (non-hydrogen) atoms. The molecule has 2 heterocycles. The van der Waals surface area contributed by atoms with E-state index in [9.17, 15) is 9.59 Å². The van der Waals surface area contributed by atoms with Crippen LogP contribution in [-0.2, 0) is 9.53 Å². The number of amidine groups is 1. The maximum atomic E-state index is 13.3. The predicted octanol–water partition coefficient (Wildman–Crippen LogP) is 5.90. The summed E-state index contributed by atoms with van der Waals surface area (Å²) >= 11 is 9.16. The van der Waals surface area contributed by atoms with E-state index in [4.69, 9.17) is 21.3 Å². The number of aliphatic imine (C=N–C) groups is 1. The molecule has 6 nitrogen and oxygen atoms in total. The third-order valence-corrected chi connectivity index (χ3v) is 7.57. The lowest BCUT2D eigenvalue weighted by Crippen LogP contribution is -2.29. The van der Waals surface area contributed by atoms with Crippen molar-refractivity contribution in [2.24, 2.45) is 4.99 Å². The molecule has 0 unspecified atom stereocenters. The highest BCUT2D eigenvalue weighted by molar-refractivity contribution is 8.19. The Labute approximate surface area is 200 Å². The van der Waals surface area contributed by atoms with Gasteiger partial charge in [0.2, 0.25) is 0 Å². The number of benzene rings is 2. The molecule has 9 heteroatoms. The van der Waals surface area contributed by atoms with Crippen molar-refractivity contribution in [3.8, 4) is 0 Å². The van der Waals surface area contributed by atoms with Crippen molar-refractivity contribution >= 4 is 63.5 Å². The van der Waals surface area contributed by atoms with Crippen LogP contribution < -0.4 is 4.90 Å². The first-order valence-corrected chi connectivity index (χ1v) is 12.3. The van der Waals surface area contributed by atoms with Crippen LogP contribution >= 0.6 is 35.1 Å². The number of carbonyl (C=O) groups excluding carboxylic acids is 2. The minimum Gasteiger partial charge on any atom is -0.462 e. The second kappa shape index (κ2) is 9.60. The molecule has 1 fully saturated rings. The molecule has 0 aromatic heterocycles. The van der Waals surface area contributed by atoms with E-state index in [0.29, 0.717) is 39.5 Å². The van der Waals surface area contributed by atoms with Crippen molar-refractivity contribution < 1.29 is 14.3 Å². The summed E-state index contributed by atoms with van der Waals surface area (Å²) in [6.07, 6.45) is 0. The number of anilines is 1. The topological polar surface area (TPSA) is 62.2 Å². The molecule has 2 aliphatic heterocycles. The Morgan fingerprint density at radius 2 is 1.75 bits per heavy atom. The van der Waals surface area contributed by atoms with E-state index in [2.05, 4.69) is 11.8 Å². The van der Waals surface area contributed by atoms with Gasteiger partial charge in [0.15, 0.2) is 5.17 Å². The summed E-state index contributed by atoms with van der Waals surface area (Å²) in [7, 11) is 0. The smallest absolute Gasteiger partial charge is 0.338 e. The van der Waals surface area contributed by atoms with Crippen molar-refractivity contribution in [3.63, 3.8) is 0 Å². The number of halogens is 1. The van der Waals surface area contributed by atoms with Gasteiger partial charge in [0.1, 0.15) is 9.93 Å². The number of fused-ring (bicyclic) bond motifs is 1. The van der Waals surface area contributed by atoms with Gasteiger partial charge in [0.25, 0.3) is 5.91 Å².